The van der Waals surface area contributed by atoms with Crippen LogP contribution in [0.25, 0.3) is 0 Å². The fourth-order valence-electron chi connectivity index (χ4n) is 2.81. The van der Waals surface area contributed by atoms with E-state index in [9.17, 15) is 4.79 Å². The molecule has 3 heteroatoms. The van der Waals surface area contributed by atoms with Gasteiger partial charge in [-0.3, -0.25) is 4.79 Å². The average molecular weight is 254 g/mol. The summed E-state index contributed by atoms with van der Waals surface area (Å²) >= 11 is 0. The first kappa shape index (κ1) is 15.5. The molecule has 3 nitrogen and oxygen atoms in total. The van der Waals surface area contributed by atoms with Gasteiger partial charge in [0.15, 0.2) is 0 Å². The molecule has 1 saturated heterocycles. The minimum Gasteiger partial charge on any atom is -0.352 e. The SMILES string of the molecule is CCC(C)CC(C)NC(=O)C1NCCCC1(C)C. The molecule has 1 aliphatic rings. The molecule has 106 valence electrons. The van der Waals surface area contributed by atoms with Crippen molar-refractivity contribution in [2.45, 2.75) is 72.4 Å². The molecule has 1 amide bonds. The molecule has 18 heavy (non-hydrogen) atoms. The normalized spacial score (nSPS) is 26.4. The van der Waals surface area contributed by atoms with Crippen LogP contribution in [0.15, 0.2) is 0 Å². The third kappa shape index (κ3) is 4.27. The van der Waals surface area contributed by atoms with E-state index in [2.05, 4.69) is 45.3 Å². The Morgan fingerprint density at radius 1 is 1.44 bits per heavy atom. The van der Waals surface area contributed by atoms with Crippen molar-refractivity contribution in [3.8, 4) is 0 Å². The lowest BCUT2D eigenvalue weighted by Crippen LogP contribution is -2.56. The Morgan fingerprint density at radius 2 is 2.11 bits per heavy atom. The summed E-state index contributed by atoms with van der Waals surface area (Å²) in [6.45, 7) is 11.9. The highest BCUT2D eigenvalue weighted by Crippen LogP contribution is 2.30. The van der Waals surface area contributed by atoms with Gasteiger partial charge in [0.1, 0.15) is 0 Å². The molecule has 0 aromatic carbocycles. The molecule has 0 bridgehead atoms. The van der Waals surface area contributed by atoms with Crippen LogP contribution in [0.4, 0.5) is 0 Å². The smallest absolute Gasteiger partial charge is 0.237 e. The molecule has 2 N–H and O–H groups in total. The fourth-order valence-corrected chi connectivity index (χ4v) is 2.81. The van der Waals surface area contributed by atoms with Crippen molar-refractivity contribution in [1.82, 2.24) is 10.6 Å². The van der Waals surface area contributed by atoms with Crippen LogP contribution in [0, 0.1) is 11.3 Å². The lowest BCUT2D eigenvalue weighted by molar-refractivity contribution is -0.127. The molecule has 1 aliphatic heterocycles. The molecule has 3 atom stereocenters. The summed E-state index contributed by atoms with van der Waals surface area (Å²) in [5.41, 5.74) is 0.0679. The van der Waals surface area contributed by atoms with Gasteiger partial charge >= 0.3 is 0 Å². The maximum Gasteiger partial charge on any atom is 0.237 e. The number of rotatable bonds is 5. The van der Waals surface area contributed by atoms with Crippen LogP contribution < -0.4 is 10.6 Å². The first-order valence-electron chi connectivity index (χ1n) is 7.40. The average Bonchev–Trinajstić information content (AvgIpc) is 2.27. The van der Waals surface area contributed by atoms with Crippen molar-refractivity contribution >= 4 is 5.91 Å². The van der Waals surface area contributed by atoms with E-state index in [-0.39, 0.29) is 23.4 Å². The summed E-state index contributed by atoms with van der Waals surface area (Å²) in [5.74, 6) is 0.850. The highest BCUT2D eigenvalue weighted by atomic mass is 16.2. The quantitative estimate of drug-likeness (QED) is 0.792. The van der Waals surface area contributed by atoms with Crippen LogP contribution >= 0.6 is 0 Å². The van der Waals surface area contributed by atoms with Crippen LogP contribution in [0.5, 0.6) is 0 Å². The van der Waals surface area contributed by atoms with Crippen molar-refractivity contribution in [3.63, 3.8) is 0 Å². The molecule has 0 aliphatic carbocycles. The van der Waals surface area contributed by atoms with Gasteiger partial charge in [0.05, 0.1) is 6.04 Å². The highest BCUT2D eigenvalue weighted by molar-refractivity contribution is 5.83. The Balaban J connectivity index is 2.48. The second-order valence-corrected chi connectivity index (χ2v) is 6.64. The lowest BCUT2D eigenvalue weighted by Gasteiger charge is -2.38. The van der Waals surface area contributed by atoms with E-state index in [0.29, 0.717) is 5.92 Å². The Kier molecular flexibility index (Phi) is 5.64. The topological polar surface area (TPSA) is 41.1 Å². The highest BCUT2D eigenvalue weighted by Gasteiger charge is 2.37. The van der Waals surface area contributed by atoms with E-state index in [1.807, 2.05) is 0 Å². The van der Waals surface area contributed by atoms with Gasteiger partial charge in [0.25, 0.3) is 0 Å². The molecule has 1 fully saturated rings. The number of hydrogen-bond acceptors (Lipinski definition) is 2. The standard InChI is InChI=1S/C15H30N2O/c1-6-11(2)10-12(3)17-14(18)13-15(4,5)8-7-9-16-13/h11-13,16H,6-10H2,1-5H3,(H,17,18). The first-order valence-corrected chi connectivity index (χ1v) is 7.40. The van der Waals surface area contributed by atoms with Gasteiger partial charge in [-0.05, 0) is 44.1 Å². The third-order valence-corrected chi connectivity index (χ3v) is 4.23. The maximum absolute atomic E-state index is 12.3. The lowest BCUT2D eigenvalue weighted by atomic mass is 9.77. The fraction of sp³-hybridized carbons (Fsp3) is 0.933. The Hall–Kier alpha value is -0.570. The molecule has 3 unspecified atom stereocenters. The van der Waals surface area contributed by atoms with E-state index in [0.717, 1.165) is 19.4 Å². The predicted octanol–water partition coefficient (Wildman–Crippen LogP) is 2.71. The number of piperidine rings is 1. The van der Waals surface area contributed by atoms with Gasteiger partial charge in [-0.25, -0.2) is 0 Å². The van der Waals surface area contributed by atoms with Crippen LogP contribution in [0.2, 0.25) is 0 Å². The molecule has 0 saturated carbocycles. The Bertz CT molecular complexity index is 276. The van der Waals surface area contributed by atoms with E-state index in [4.69, 9.17) is 0 Å². The molecule has 1 heterocycles. The maximum atomic E-state index is 12.3. The molecule has 1 rings (SSSR count). The largest absolute Gasteiger partial charge is 0.352 e. The molecule has 0 aromatic rings. The van der Waals surface area contributed by atoms with Gasteiger partial charge < -0.3 is 10.6 Å². The molecular weight excluding hydrogens is 224 g/mol. The van der Waals surface area contributed by atoms with Gasteiger partial charge in [-0.15, -0.1) is 0 Å². The van der Waals surface area contributed by atoms with Crippen molar-refractivity contribution in [2.75, 3.05) is 6.54 Å². The minimum atomic E-state index is -0.0365. The summed E-state index contributed by atoms with van der Waals surface area (Å²) in [4.78, 5) is 12.3. The Labute approximate surface area is 112 Å². The third-order valence-electron chi connectivity index (χ3n) is 4.23. The summed E-state index contributed by atoms with van der Waals surface area (Å²) in [5, 5.41) is 6.54. The molecular formula is C15H30N2O. The van der Waals surface area contributed by atoms with E-state index < -0.39 is 0 Å². The van der Waals surface area contributed by atoms with E-state index in [1.165, 1.54) is 12.8 Å². The summed E-state index contributed by atoms with van der Waals surface area (Å²) in [6, 6.07) is 0.234. The number of hydrogen-bond donors (Lipinski definition) is 2. The number of amides is 1. The van der Waals surface area contributed by atoms with Crippen molar-refractivity contribution in [2.24, 2.45) is 11.3 Å². The second kappa shape index (κ2) is 6.55. The second-order valence-electron chi connectivity index (χ2n) is 6.64. The van der Waals surface area contributed by atoms with Gasteiger partial charge in [0, 0.05) is 6.04 Å². The molecule has 0 spiro atoms. The van der Waals surface area contributed by atoms with Gasteiger partial charge in [0.2, 0.25) is 5.91 Å². The molecule has 0 radical (unpaired) electrons. The van der Waals surface area contributed by atoms with Crippen LogP contribution in [-0.4, -0.2) is 24.5 Å². The van der Waals surface area contributed by atoms with Crippen LogP contribution in [-0.2, 0) is 4.79 Å². The monoisotopic (exact) mass is 254 g/mol. The van der Waals surface area contributed by atoms with Gasteiger partial charge in [-0.2, -0.15) is 0 Å². The van der Waals surface area contributed by atoms with E-state index >= 15 is 0 Å². The van der Waals surface area contributed by atoms with Crippen LogP contribution in [0.1, 0.15) is 60.3 Å². The summed E-state index contributed by atoms with van der Waals surface area (Å²) in [6.07, 6.45) is 4.53. The first-order chi connectivity index (χ1) is 8.36. The summed E-state index contributed by atoms with van der Waals surface area (Å²) < 4.78 is 0. The Morgan fingerprint density at radius 3 is 2.67 bits per heavy atom. The van der Waals surface area contributed by atoms with Gasteiger partial charge in [-0.1, -0.05) is 34.1 Å². The zero-order valence-electron chi connectivity index (χ0n) is 12.7. The molecule has 0 aromatic heterocycles. The zero-order valence-corrected chi connectivity index (χ0v) is 12.7. The number of nitrogens with one attached hydrogen (secondary N) is 2. The zero-order chi connectivity index (χ0) is 13.8. The number of carbonyl (C=O) groups is 1. The van der Waals surface area contributed by atoms with Crippen LogP contribution in [0.3, 0.4) is 0 Å². The minimum absolute atomic E-state index is 0.0365. The van der Waals surface area contributed by atoms with Crippen molar-refractivity contribution in [1.29, 1.82) is 0 Å². The summed E-state index contributed by atoms with van der Waals surface area (Å²) in [7, 11) is 0. The van der Waals surface area contributed by atoms with Crippen molar-refractivity contribution in [3.05, 3.63) is 0 Å². The van der Waals surface area contributed by atoms with E-state index in [1.54, 1.807) is 0 Å². The van der Waals surface area contributed by atoms with Crippen molar-refractivity contribution < 1.29 is 4.79 Å². The number of carbonyl (C=O) groups excluding carboxylic acids is 1. The predicted molar refractivity (Wildman–Crippen MR) is 76.5 cm³/mol.